The minimum Gasteiger partial charge on any atom is -0.395 e. The summed E-state index contributed by atoms with van der Waals surface area (Å²) in [6, 6.07) is 20.3. The monoisotopic (exact) mass is 663 g/mol. The van der Waals surface area contributed by atoms with E-state index in [1.54, 1.807) is 39.5 Å². The molecule has 1 aliphatic rings. The molecular weight excluding hydrogens is 618 g/mol. The highest BCUT2D eigenvalue weighted by Crippen LogP contribution is 2.34. The maximum atomic E-state index is 13.7. The maximum Gasteiger partial charge on any atom is 0.275 e. The summed E-state index contributed by atoms with van der Waals surface area (Å²) in [6.07, 6.45) is 6.71. The largest absolute Gasteiger partial charge is 0.395 e. The Morgan fingerprint density at radius 3 is 2.43 bits per heavy atom. The van der Waals surface area contributed by atoms with Crippen LogP contribution in [-0.4, -0.2) is 76.7 Å². The Balaban J connectivity index is 1.37. The minimum atomic E-state index is -1.17. The van der Waals surface area contributed by atoms with E-state index in [1.165, 1.54) is 0 Å². The molecule has 2 atom stereocenters. The van der Waals surface area contributed by atoms with E-state index in [2.05, 4.69) is 30.2 Å². The molecule has 1 unspecified atom stereocenters. The van der Waals surface area contributed by atoms with Gasteiger partial charge in [-0.05, 0) is 73.7 Å². The topological polar surface area (TPSA) is 128 Å². The zero-order valence-corrected chi connectivity index (χ0v) is 28.4. The number of aliphatic hydroxyl groups is 2. The third-order valence-corrected chi connectivity index (χ3v) is 9.27. The fourth-order valence-electron chi connectivity index (χ4n) is 6.51. The van der Waals surface area contributed by atoms with Crippen molar-refractivity contribution >= 4 is 23.1 Å². The first-order valence-corrected chi connectivity index (χ1v) is 17.2. The molecular formula is C38H45N7O4. The standard InChI is InChI=1S/C38H45N7O4/c1-4-6-17-42(18-7-5-2)38(49)32-20-26(3)45(41-32)34-16-15-29(39-36(47)33-24-43-19-11-10-14-35(43)40-33)22-31(34)37(48)44-23-28-13-9-8-12-27(28)21-30(44)25-46/h8-16,19-20,22,24,30,37,46,48H,4-7,17-18,21,23,25H2,1-3H3,(H,39,47)/t30-,37?/m0/s1. The number of aromatic nitrogens is 4. The lowest BCUT2D eigenvalue weighted by atomic mass is 9.93. The fourth-order valence-corrected chi connectivity index (χ4v) is 6.51. The van der Waals surface area contributed by atoms with Crippen molar-refractivity contribution in [3.8, 4) is 5.69 Å². The lowest BCUT2D eigenvalue weighted by molar-refractivity contribution is -0.0529. The molecule has 3 N–H and O–H groups in total. The number of carbonyl (C=O) groups is 2. The summed E-state index contributed by atoms with van der Waals surface area (Å²) in [5.41, 5.74) is 5.70. The Bertz CT molecular complexity index is 1890. The van der Waals surface area contributed by atoms with Gasteiger partial charge < -0.3 is 24.8 Å². The van der Waals surface area contributed by atoms with E-state index in [0.717, 1.165) is 42.5 Å². The molecule has 0 saturated carbocycles. The van der Waals surface area contributed by atoms with Gasteiger partial charge >= 0.3 is 0 Å². The first kappa shape index (κ1) is 34.0. The van der Waals surface area contributed by atoms with Crippen LogP contribution in [0.5, 0.6) is 0 Å². The van der Waals surface area contributed by atoms with E-state index < -0.39 is 6.23 Å². The van der Waals surface area contributed by atoms with Crippen molar-refractivity contribution in [2.75, 3.05) is 25.0 Å². The molecule has 6 rings (SSSR count). The van der Waals surface area contributed by atoms with E-state index in [4.69, 9.17) is 5.10 Å². The SMILES string of the molecule is CCCCN(CCCC)C(=O)c1cc(C)n(-c2ccc(NC(=O)c3cn4ccccc4n3)cc2C(O)N2Cc3ccccc3C[C@H]2CO)n1. The van der Waals surface area contributed by atoms with Crippen LogP contribution in [0.3, 0.4) is 0 Å². The number of pyridine rings is 1. The van der Waals surface area contributed by atoms with Gasteiger partial charge in [0.15, 0.2) is 5.69 Å². The summed E-state index contributed by atoms with van der Waals surface area (Å²) in [5, 5.41) is 30.3. The van der Waals surface area contributed by atoms with Crippen LogP contribution in [0, 0.1) is 6.92 Å². The van der Waals surface area contributed by atoms with E-state index in [9.17, 15) is 19.8 Å². The average Bonchev–Trinajstić information content (AvgIpc) is 3.74. The van der Waals surface area contributed by atoms with Crippen LogP contribution < -0.4 is 5.32 Å². The summed E-state index contributed by atoms with van der Waals surface area (Å²) in [4.78, 5) is 35.2. The van der Waals surface area contributed by atoms with Crippen LogP contribution in [-0.2, 0) is 13.0 Å². The van der Waals surface area contributed by atoms with Crippen molar-refractivity contribution in [3.63, 3.8) is 0 Å². The minimum absolute atomic E-state index is 0.116. The van der Waals surface area contributed by atoms with E-state index in [1.807, 2.05) is 59.3 Å². The van der Waals surface area contributed by atoms with Gasteiger partial charge in [0.05, 0.1) is 12.3 Å². The highest BCUT2D eigenvalue weighted by atomic mass is 16.3. The molecule has 0 aliphatic carbocycles. The molecule has 5 aromatic rings. The second kappa shape index (κ2) is 15.1. The quantitative estimate of drug-likeness (QED) is 0.151. The number of aryl methyl sites for hydroxylation is 1. The number of fused-ring (bicyclic) bond motifs is 2. The molecule has 11 heteroatoms. The van der Waals surface area contributed by atoms with Gasteiger partial charge in [0.2, 0.25) is 0 Å². The second-order valence-electron chi connectivity index (χ2n) is 12.8. The number of rotatable bonds is 13. The Morgan fingerprint density at radius 1 is 0.980 bits per heavy atom. The van der Waals surface area contributed by atoms with Crippen LogP contribution in [0.25, 0.3) is 11.3 Å². The summed E-state index contributed by atoms with van der Waals surface area (Å²) >= 11 is 0. The number of amides is 2. The summed E-state index contributed by atoms with van der Waals surface area (Å²) in [7, 11) is 0. The predicted octanol–water partition coefficient (Wildman–Crippen LogP) is 5.53. The Kier molecular flexibility index (Phi) is 10.5. The van der Waals surface area contributed by atoms with Gasteiger partial charge in [-0.25, -0.2) is 9.67 Å². The normalized spacial score (nSPS) is 15.2. The molecule has 4 heterocycles. The molecule has 0 saturated heterocycles. The third-order valence-electron chi connectivity index (χ3n) is 9.27. The number of carbonyl (C=O) groups excluding carboxylic acids is 2. The lowest BCUT2D eigenvalue weighted by Gasteiger charge is -2.39. The molecule has 11 nitrogen and oxygen atoms in total. The number of hydrogen-bond donors (Lipinski definition) is 3. The van der Waals surface area contributed by atoms with Gasteiger partial charge in [0.1, 0.15) is 17.6 Å². The maximum absolute atomic E-state index is 13.7. The highest BCUT2D eigenvalue weighted by molar-refractivity contribution is 6.03. The van der Waals surface area contributed by atoms with Crippen LogP contribution in [0.2, 0.25) is 0 Å². The van der Waals surface area contributed by atoms with Crippen molar-refractivity contribution in [3.05, 3.63) is 113 Å². The number of nitrogens with zero attached hydrogens (tertiary/aromatic N) is 6. The van der Waals surface area contributed by atoms with Gasteiger partial charge in [0, 0.05) is 55.0 Å². The molecule has 0 fully saturated rings. The molecule has 2 amide bonds. The van der Waals surface area contributed by atoms with Gasteiger partial charge in [-0.2, -0.15) is 5.10 Å². The number of aliphatic hydroxyl groups excluding tert-OH is 2. The predicted molar refractivity (Wildman–Crippen MR) is 189 cm³/mol. The van der Waals surface area contributed by atoms with E-state index in [-0.39, 0.29) is 30.2 Å². The number of benzene rings is 2. The van der Waals surface area contributed by atoms with E-state index >= 15 is 0 Å². The summed E-state index contributed by atoms with van der Waals surface area (Å²) < 4.78 is 3.46. The zero-order chi connectivity index (χ0) is 34.5. The van der Waals surface area contributed by atoms with Crippen LogP contribution in [0.4, 0.5) is 5.69 Å². The van der Waals surface area contributed by atoms with Gasteiger partial charge in [-0.3, -0.25) is 14.5 Å². The first-order chi connectivity index (χ1) is 23.8. The highest BCUT2D eigenvalue weighted by Gasteiger charge is 2.33. The van der Waals surface area contributed by atoms with Crippen molar-refractivity contribution in [1.29, 1.82) is 0 Å². The summed E-state index contributed by atoms with van der Waals surface area (Å²) in [5.74, 6) is -0.505. The smallest absolute Gasteiger partial charge is 0.275 e. The molecule has 3 aromatic heterocycles. The number of anilines is 1. The van der Waals surface area contributed by atoms with Crippen LogP contribution in [0.15, 0.2) is 79.1 Å². The van der Waals surface area contributed by atoms with Crippen molar-refractivity contribution in [2.24, 2.45) is 0 Å². The molecule has 0 spiro atoms. The van der Waals surface area contributed by atoms with Crippen LogP contribution in [0.1, 0.15) is 89.1 Å². The first-order valence-electron chi connectivity index (χ1n) is 17.2. The Morgan fingerprint density at radius 2 is 1.71 bits per heavy atom. The Labute approximate surface area is 286 Å². The Hall–Kier alpha value is -4.84. The van der Waals surface area contributed by atoms with Crippen molar-refractivity contribution in [2.45, 2.75) is 71.7 Å². The molecule has 0 radical (unpaired) electrons. The average molecular weight is 664 g/mol. The third kappa shape index (κ3) is 7.29. The molecule has 49 heavy (non-hydrogen) atoms. The molecule has 0 bridgehead atoms. The van der Waals surface area contributed by atoms with Gasteiger partial charge in [-0.1, -0.05) is 57.0 Å². The number of hydrogen-bond acceptors (Lipinski definition) is 7. The van der Waals surface area contributed by atoms with Gasteiger partial charge in [0.25, 0.3) is 11.8 Å². The molecule has 256 valence electrons. The summed E-state index contributed by atoms with van der Waals surface area (Å²) in [6.45, 7) is 7.73. The lowest BCUT2D eigenvalue weighted by Crippen LogP contribution is -2.45. The zero-order valence-electron chi connectivity index (χ0n) is 28.4. The molecule has 2 aromatic carbocycles. The van der Waals surface area contributed by atoms with E-state index in [0.29, 0.717) is 54.3 Å². The van der Waals surface area contributed by atoms with Crippen molar-refractivity contribution in [1.82, 2.24) is 29.0 Å². The fraction of sp³-hybridized carbons (Fsp3) is 0.368. The molecule has 1 aliphatic heterocycles. The number of unbranched alkanes of at least 4 members (excludes halogenated alkanes) is 2. The number of imidazole rings is 1. The number of nitrogens with one attached hydrogen (secondary N) is 1. The van der Waals surface area contributed by atoms with Crippen molar-refractivity contribution < 1.29 is 19.8 Å². The van der Waals surface area contributed by atoms with Gasteiger partial charge in [-0.15, -0.1) is 0 Å². The van der Waals surface area contributed by atoms with Crippen LogP contribution >= 0.6 is 0 Å². The second-order valence-corrected chi connectivity index (χ2v) is 12.8.